The number of halogens is 2. The maximum Gasteiger partial charge on any atom is 0.311 e. The third kappa shape index (κ3) is 1.94. The molecule has 2 rings (SSSR count). The van der Waals surface area contributed by atoms with E-state index in [-0.39, 0.29) is 30.6 Å². The molecule has 0 saturated heterocycles. The van der Waals surface area contributed by atoms with Crippen LogP contribution in [0.15, 0.2) is 0 Å². The van der Waals surface area contributed by atoms with Crippen LogP contribution in [-0.4, -0.2) is 18.5 Å². The van der Waals surface area contributed by atoms with Gasteiger partial charge in [-0.25, -0.2) is 8.78 Å². The van der Waals surface area contributed by atoms with Crippen LogP contribution in [0.3, 0.4) is 0 Å². The number of alkyl halides is 2. The van der Waals surface area contributed by atoms with Crippen LogP contribution in [0.2, 0.25) is 0 Å². The van der Waals surface area contributed by atoms with Gasteiger partial charge in [-0.15, -0.1) is 0 Å². The lowest BCUT2D eigenvalue weighted by molar-refractivity contribution is -0.154. The van der Waals surface area contributed by atoms with E-state index in [1.54, 1.807) is 6.92 Å². The van der Waals surface area contributed by atoms with Crippen LogP contribution in [0.5, 0.6) is 0 Å². The first kappa shape index (κ1) is 11.8. The molecule has 0 heterocycles. The summed E-state index contributed by atoms with van der Waals surface area (Å²) in [5, 5.41) is 0. The molecule has 0 aromatic heterocycles. The summed E-state index contributed by atoms with van der Waals surface area (Å²) >= 11 is 0. The van der Waals surface area contributed by atoms with Gasteiger partial charge >= 0.3 is 5.97 Å². The van der Waals surface area contributed by atoms with E-state index < -0.39 is 11.3 Å². The molecule has 2 aliphatic rings. The summed E-state index contributed by atoms with van der Waals surface area (Å²) in [5.74, 6) is -2.72. The Hall–Kier alpha value is -0.670. The van der Waals surface area contributed by atoms with Gasteiger partial charge in [-0.05, 0) is 38.5 Å². The Morgan fingerprint density at radius 2 is 1.75 bits per heavy atom. The van der Waals surface area contributed by atoms with Crippen molar-refractivity contribution >= 4 is 5.97 Å². The van der Waals surface area contributed by atoms with Gasteiger partial charge in [-0.3, -0.25) is 4.79 Å². The van der Waals surface area contributed by atoms with E-state index >= 15 is 0 Å². The van der Waals surface area contributed by atoms with Crippen molar-refractivity contribution in [3.05, 3.63) is 0 Å². The molecule has 2 fully saturated rings. The van der Waals surface area contributed by atoms with Gasteiger partial charge in [0.25, 0.3) is 0 Å². The zero-order valence-electron chi connectivity index (χ0n) is 9.76. The normalized spacial score (nSPS) is 40.8. The Morgan fingerprint density at radius 3 is 2.19 bits per heavy atom. The highest BCUT2D eigenvalue weighted by Crippen LogP contribution is 2.57. The molecule has 1 unspecified atom stereocenters. The van der Waals surface area contributed by atoms with Crippen LogP contribution < -0.4 is 0 Å². The second-order valence-electron chi connectivity index (χ2n) is 5.47. The summed E-state index contributed by atoms with van der Waals surface area (Å²) in [7, 11) is 0. The molecule has 0 bridgehead atoms. The van der Waals surface area contributed by atoms with Crippen LogP contribution in [0.25, 0.3) is 0 Å². The maximum atomic E-state index is 13.2. The number of rotatable bonds is 2. The van der Waals surface area contributed by atoms with Gasteiger partial charge in [0, 0.05) is 12.8 Å². The van der Waals surface area contributed by atoms with Gasteiger partial charge < -0.3 is 4.74 Å². The second-order valence-corrected chi connectivity index (χ2v) is 5.47. The first-order valence-electron chi connectivity index (χ1n) is 5.91. The van der Waals surface area contributed by atoms with E-state index in [0.29, 0.717) is 19.4 Å². The van der Waals surface area contributed by atoms with Crippen LogP contribution >= 0.6 is 0 Å². The molecule has 2 saturated carbocycles. The molecule has 0 aromatic rings. The minimum atomic E-state index is -2.51. The van der Waals surface area contributed by atoms with E-state index in [4.69, 9.17) is 4.74 Å². The predicted molar refractivity (Wildman–Crippen MR) is 55.1 cm³/mol. The highest BCUT2D eigenvalue weighted by molar-refractivity contribution is 5.76. The van der Waals surface area contributed by atoms with Gasteiger partial charge in [-0.2, -0.15) is 0 Å². The molecule has 4 heteroatoms. The Kier molecular flexibility index (Phi) is 2.71. The SMILES string of the molecule is CCOC(=O)[C@@]1(C)CC2CC(F)(F)C[C@H]2C1. The Morgan fingerprint density at radius 1 is 1.25 bits per heavy atom. The molecule has 0 aliphatic heterocycles. The lowest BCUT2D eigenvalue weighted by Gasteiger charge is -2.23. The van der Waals surface area contributed by atoms with E-state index in [2.05, 4.69) is 0 Å². The molecule has 0 N–H and O–H groups in total. The highest BCUT2D eigenvalue weighted by atomic mass is 19.3. The molecule has 0 radical (unpaired) electrons. The summed E-state index contributed by atoms with van der Waals surface area (Å²) in [6, 6.07) is 0. The molecule has 16 heavy (non-hydrogen) atoms. The fourth-order valence-electron chi connectivity index (χ4n) is 3.37. The molecular weight excluding hydrogens is 214 g/mol. The van der Waals surface area contributed by atoms with Gasteiger partial charge in [0.1, 0.15) is 0 Å². The molecule has 2 aliphatic carbocycles. The number of hydrogen-bond donors (Lipinski definition) is 0. The first-order valence-corrected chi connectivity index (χ1v) is 5.91. The number of hydrogen-bond acceptors (Lipinski definition) is 2. The molecule has 92 valence electrons. The Balaban J connectivity index is 2.03. The molecule has 0 aromatic carbocycles. The predicted octanol–water partition coefficient (Wildman–Crippen LogP) is 3.01. The molecule has 2 nitrogen and oxygen atoms in total. The summed E-state index contributed by atoms with van der Waals surface area (Å²) < 4.78 is 31.3. The van der Waals surface area contributed by atoms with Crippen molar-refractivity contribution in [1.29, 1.82) is 0 Å². The molecule has 0 amide bonds. The van der Waals surface area contributed by atoms with Crippen molar-refractivity contribution < 1.29 is 18.3 Å². The average Bonchev–Trinajstić information content (AvgIpc) is 2.55. The lowest BCUT2D eigenvalue weighted by Crippen LogP contribution is -2.28. The zero-order valence-corrected chi connectivity index (χ0v) is 9.76. The fourth-order valence-corrected chi connectivity index (χ4v) is 3.37. The van der Waals surface area contributed by atoms with E-state index in [0.717, 1.165) is 0 Å². The van der Waals surface area contributed by atoms with Crippen molar-refractivity contribution in [2.45, 2.75) is 45.5 Å². The van der Waals surface area contributed by atoms with Crippen LogP contribution in [-0.2, 0) is 9.53 Å². The Labute approximate surface area is 94.3 Å². The summed E-state index contributed by atoms with van der Waals surface area (Å²) in [6.45, 7) is 3.98. The molecular formula is C12H18F2O2. The zero-order chi connectivity index (χ0) is 12.0. The van der Waals surface area contributed by atoms with E-state index in [9.17, 15) is 13.6 Å². The number of esters is 1. The minimum Gasteiger partial charge on any atom is -0.466 e. The topological polar surface area (TPSA) is 26.3 Å². The number of ether oxygens (including phenoxy) is 1. The van der Waals surface area contributed by atoms with E-state index in [1.165, 1.54) is 0 Å². The standard InChI is InChI=1S/C12H18F2O2/c1-3-16-10(15)11(2)4-8-6-12(13,14)7-9(8)5-11/h8-9H,3-7H2,1-2H3/t8-,9?,11-/m1/s1. The number of carbonyl (C=O) groups is 1. The van der Waals surface area contributed by atoms with Crippen molar-refractivity contribution in [2.75, 3.05) is 6.61 Å². The van der Waals surface area contributed by atoms with Crippen molar-refractivity contribution in [3.63, 3.8) is 0 Å². The third-order valence-corrected chi connectivity index (χ3v) is 3.98. The number of carbonyl (C=O) groups excluding carboxylic acids is 1. The average molecular weight is 232 g/mol. The fraction of sp³-hybridized carbons (Fsp3) is 0.917. The lowest BCUT2D eigenvalue weighted by atomic mass is 9.86. The van der Waals surface area contributed by atoms with Crippen molar-refractivity contribution in [3.8, 4) is 0 Å². The van der Waals surface area contributed by atoms with Gasteiger partial charge in [0.15, 0.2) is 0 Å². The van der Waals surface area contributed by atoms with Crippen molar-refractivity contribution in [2.24, 2.45) is 17.3 Å². The minimum absolute atomic E-state index is 0.00408. The maximum absolute atomic E-state index is 13.2. The van der Waals surface area contributed by atoms with Crippen LogP contribution in [0.4, 0.5) is 8.78 Å². The van der Waals surface area contributed by atoms with Crippen molar-refractivity contribution in [1.82, 2.24) is 0 Å². The smallest absolute Gasteiger partial charge is 0.311 e. The summed E-state index contributed by atoms with van der Waals surface area (Å²) in [5.41, 5.74) is -0.526. The Bertz CT molecular complexity index is 285. The highest BCUT2D eigenvalue weighted by Gasteiger charge is 2.56. The van der Waals surface area contributed by atoms with E-state index in [1.807, 2.05) is 6.92 Å². The van der Waals surface area contributed by atoms with Gasteiger partial charge in [0.05, 0.1) is 12.0 Å². The monoisotopic (exact) mass is 232 g/mol. The number of fused-ring (bicyclic) bond motifs is 1. The van der Waals surface area contributed by atoms with Gasteiger partial charge in [0.2, 0.25) is 5.92 Å². The second kappa shape index (κ2) is 3.67. The van der Waals surface area contributed by atoms with Gasteiger partial charge in [-0.1, -0.05) is 0 Å². The molecule has 0 spiro atoms. The molecule has 3 atom stereocenters. The first-order chi connectivity index (χ1) is 7.36. The quantitative estimate of drug-likeness (QED) is 0.684. The third-order valence-electron chi connectivity index (χ3n) is 3.98. The largest absolute Gasteiger partial charge is 0.466 e. The van der Waals surface area contributed by atoms with Crippen LogP contribution in [0.1, 0.15) is 39.5 Å². The summed E-state index contributed by atoms with van der Waals surface area (Å²) in [6.07, 6.45) is 1.03. The summed E-state index contributed by atoms with van der Waals surface area (Å²) in [4.78, 5) is 11.7. The van der Waals surface area contributed by atoms with Crippen LogP contribution in [0, 0.1) is 17.3 Å².